The summed E-state index contributed by atoms with van der Waals surface area (Å²) in [6.07, 6.45) is 4.56. The van der Waals surface area contributed by atoms with Crippen molar-refractivity contribution < 1.29 is 28.8 Å². The number of halogens is 1. The monoisotopic (exact) mass is 651 g/mol. The Kier molecular flexibility index (Phi) is 9.26. The van der Waals surface area contributed by atoms with Gasteiger partial charge in [0.15, 0.2) is 11.5 Å². The van der Waals surface area contributed by atoms with Crippen molar-refractivity contribution in [2.75, 3.05) is 26.2 Å². The first-order chi connectivity index (χ1) is 18.3. The number of carbonyl (C=O) groups excluding carboxylic acids is 3. The Hall–Kier alpha value is -3.13. The number of hydrogen-bond donors (Lipinski definition) is 0. The lowest BCUT2D eigenvalue weighted by atomic mass is 10.1. The molecule has 0 spiro atoms. The molecule has 0 aromatic heterocycles. The van der Waals surface area contributed by atoms with E-state index in [0.717, 1.165) is 45.1 Å². The highest BCUT2D eigenvalue weighted by atomic mass is 127. The van der Waals surface area contributed by atoms with Gasteiger partial charge in [0.1, 0.15) is 13.2 Å². The van der Waals surface area contributed by atoms with E-state index in [1.165, 1.54) is 12.1 Å². The molecule has 0 aliphatic carbocycles. The van der Waals surface area contributed by atoms with Crippen LogP contribution in [0.1, 0.15) is 37.3 Å². The summed E-state index contributed by atoms with van der Waals surface area (Å²) in [5, 5.41) is 10.4. The molecule has 0 atom stereocenters. The van der Waals surface area contributed by atoms with Gasteiger partial charge in [0, 0.05) is 25.2 Å². The van der Waals surface area contributed by atoms with Crippen LogP contribution in [-0.4, -0.2) is 58.0 Å². The van der Waals surface area contributed by atoms with E-state index in [4.69, 9.17) is 9.47 Å². The van der Waals surface area contributed by atoms with E-state index < -0.39 is 16.1 Å². The van der Waals surface area contributed by atoms with E-state index in [2.05, 4.69) is 22.6 Å². The molecule has 12 heteroatoms. The molecule has 200 valence electrons. The van der Waals surface area contributed by atoms with E-state index in [-0.39, 0.29) is 29.7 Å². The molecular weight excluding hydrogens is 625 g/mol. The second-order valence-corrected chi connectivity index (χ2v) is 10.8. The quantitative estimate of drug-likeness (QED) is 0.157. The molecule has 38 heavy (non-hydrogen) atoms. The van der Waals surface area contributed by atoms with Gasteiger partial charge in [-0.15, -0.1) is 0 Å². The number of hydrogen-bond acceptors (Lipinski definition) is 8. The Morgan fingerprint density at radius 2 is 1.84 bits per heavy atom. The summed E-state index contributed by atoms with van der Waals surface area (Å²) in [6.45, 7) is 3.45. The summed E-state index contributed by atoms with van der Waals surface area (Å²) in [4.78, 5) is 51.5. The fourth-order valence-electron chi connectivity index (χ4n) is 4.11. The number of piperidine rings is 1. The van der Waals surface area contributed by atoms with Crippen molar-refractivity contribution in [3.8, 4) is 11.5 Å². The number of nitro benzene ring substituents is 1. The van der Waals surface area contributed by atoms with Gasteiger partial charge in [-0.1, -0.05) is 0 Å². The minimum atomic E-state index is -0.489. The maximum absolute atomic E-state index is 13.0. The number of thioether (sulfide) groups is 1. The van der Waals surface area contributed by atoms with Crippen LogP contribution < -0.4 is 9.47 Å². The minimum absolute atomic E-state index is 0.00274. The van der Waals surface area contributed by atoms with E-state index in [0.29, 0.717) is 36.8 Å². The molecule has 2 aromatic carbocycles. The van der Waals surface area contributed by atoms with Crippen LogP contribution in [0.4, 0.5) is 10.5 Å². The van der Waals surface area contributed by atoms with Crippen LogP contribution in [0.2, 0.25) is 0 Å². The highest BCUT2D eigenvalue weighted by Gasteiger charge is 2.37. The summed E-state index contributed by atoms with van der Waals surface area (Å²) in [5.74, 6) is 0.267. The van der Waals surface area contributed by atoms with E-state index >= 15 is 0 Å². The summed E-state index contributed by atoms with van der Waals surface area (Å²) >= 11 is 2.92. The first kappa shape index (κ1) is 27.9. The van der Waals surface area contributed by atoms with Crippen LogP contribution in [0.5, 0.6) is 11.5 Å². The molecule has 0 bridgehead atoms. The number of ether oxygens (including phenoxy) is 2. The van der Waals surface area contributed by atoms with Crippen molar-refractivity contribution in [2.45, 2.75) is 32.8 Å². The van der Waals surface area contributed by atoms with E-state index in [9.17, 15) is 24.5 Å². The van der Waals surface area contributed by atoms with Crippen LogP contribution in [0.25, 0.3) is 6.08 Å². The predicted octanol–water partition coefficient (Wildman–Crippen LogP) is 5.23. The van der Waals surface area contributed by atoms with Crippen molar-refractivity contribution in [3.63, 3.8) is 0 Å². The number of non-ortho nitro benzene ring substituents is 1. The molecule has 0 radical (unpaired) electrons. The molecule has 2 aliphatic heterocycles. The molecule has 0 unspecified atom stereocenters. The standard InChI is InChI=1S/C26H26IN3O7S/c1-2-36-21-13-18(12-20(27)24(21)37-16-17-6-8-19(9-7-17)30(34)35)14-22-25(32)29(26(33)38-22)15-23(31)28-10-4-3-5-11-28/h6-9,12-14H,2-5,10-11,15-16H2,1H3/b22-14+. The zero-order valence-electron chi connectivity index (χ0n) is 20.7. The number of likely N-dealkylation sites (tertiary alicyclic amines) is 1. The van der Waals surface area contributed by atoms with E-state index in [1.54, 1.807) is 35.2 Å². The number of benzene rings is 2. The van der Waals surface area contributed by atoms with Crippen molar-refractivity contribution in [3.05, 3.63) is 66.1 Å². The Labute approximate surface area is 237 Å². The lowest BCUT2D eigenvalue weighted by Gasteiger charge is -2.27. The zero-order valence-corrected chi connectivity index (χ0v) is 23.7. The van der Waals surface area contributed by atoms with Crippen molar-refractivity contribution in [1.29, 1.82) is 0 Å². The van der Waals surface area contributed by atoms with Gasteiger partial charge >= 0.3 is 0 Å². The molecule has 2 heterocycles. The molecule has 2 aliphatic rings. The Bertz CT molecular complexity index is 1280. The third-order valence-corrected chi connectivity index (χ3v) is 7.74. The lowest BCUT2D eigenvalue weighted by molar-refractivity contribution is -0.384. The molecule has 2 saturated heterocycles. The maximum Gasteiger partial charge on any atom is 0.294 e. The first-order valence-electron chi connectivity index (χ1n) is 12.1. The third-order valence-electron chi connectivity index (χ3n) is 6.04. The SMILES string of the molecule is CCOc1cc(/C=C2/SC(=O)N(CC(=O)N3CCCCC3)C2=O)cc(I)c1OCc1ccc([N+](=O)[O-])cc1. The fraction of sp³-hybridized carbons (Fsp3) is 0.346. The van der Waals surface area contributed by atoms with Gasteiger partial charge in [-0.25, -0.2) is 0 Å². The highest BCUT2D eigenvalue weighted by molar-refractivity contribution is 14.1. The van der Waals surface area contributed by atoms with Gasteiger partial charge < -0.3 is 14.4 Å². The van der Waals surface area contributed by atoms with E-state index in [1.807, 2.05) is 6.92 Å². The van der Waals surface area contributed by atoms with Gasteiger partial charge in [-0.05, 0) is 102 Å². The van der Waals surface area contributed by atoms with Crippen molar-refractivity contribution >= 4 is 63.2 Å². The van der Waals surface area contributed by atoms with Gasteiger partial charge in [-0.3, -0.25) is 29.4 Å². The smallest absolute Gasteiger partial charge is 0.294 e. The molecule has 0 N–H and O–H groups in total. The molecule has 0 saturated carbocycles. The first-order valence-corrected chi connectivity index (χ1v) is 14.0. The highest BCUT2D eigenvalue weighted by Crippen LogP contribution is 2.38. The van der Waals surface area contributed by atoms with Crippen LogP contribution >= 0.6 is 34.4 Å². The molecule has 2 fully saturated rings. The second kappa shape index (κ2) is 12.6. The number of rotatable bonds is 9. The molecular formula is C26H26IN3O7S. The number of nitro groups is 1. The summed E-state index contributed by atoms with van der Waals surface area (Å²) in [5.41, 5.74) is 1.40. The normalized spacial score (nSPS) is 16.7. The summed E-state index contributed by atoms with van der Waals surface area (Å²) in [7, 11) is 0. The fourth-order valence-corrected chi connectivity index (χ4v) is 5.73. The van der Waals surface area contributed by atoms with Crippen LogP contribution in [-0.2, 0) is 16.2 Å². The Morgan fingerprint density at radius 1 is 1.13 bits per heavy atom. The number of amides is 3. The van der Waals surface area contributed by atoms with Crippen molar-refractivity contribution in [1.82, 2.24) is 9.80 Å². The van der Waals surface area contributed by atoms with Crippen LogP contribution in [0.3, 0.4) is 0 Å². The van der Waals surface area contributed by atoms with Gasteiger partial charge in [-0.2, -0.15) is 0 Å². The van der Waals surface area contributed by atoms with Gasteiger partial charge in [0.05, 0.1) is 20.0 Å². The average Bonchev–Trinajstić information content (AvgIpc) is 3.16. The van der Waals surface area contributed by atoms with Crippen LogP contribution in [0, 0.1) is 13.7 Å². The topological polar surface area (TPSA) is 119 Å². The third kappa shape index (κ3) is 6.65. The number of nitrogens with zero attached hydrogens (tertiary/aromatic N) is 3. The van der Waals surface area contributed by atoms with Crippen LogP contribution in [0.15, 0.2) is 41.3 Å². The molecule has 10 nitrogen and oxygen atoms in total. The van der Waals surface area contributed by atoms with Gasteiger partial charge in [0.2, 0.25) is 5.91 Å². The Morgan fingerprint density at radius 3 is 2.50 bits per heavy atom. The molecule has 2 aromatic rings. The predicted molar refractivity (Wildman–Crippen MR) is 151 cm³/mol. The number of imide groups is 1. The van der Waals surface area contributed by atoms with Crippen molar-refractivity contribution in [2.24, 2.45) is 0 Å². The summed E-state index contributed by atoms with van der Waals surface area (Å²) in [6, 6.07) is 9.63. The largest absolute Gasteiger partial charge is 0.490 e. The molecule has 3 amide bonds. The Balaban J connectivity index is 1.49. The number of carbonyl (C=O) groups is 3. The minimum Gasteiger partial charge on any atom is -0.490 e. The molecule has 4 rings (SSSR count). The average molecular weight is 651 g/mol. The lowest BCUT2D eigenvalue weighted by Crippen LogP contribution is -2.44. The maximum atomic E-state index is 13.0. The zero-order chi connectivity index (χ0) is 27.2. The van der Waals surface area contributed by atoms with Gasteiger partial charge in [0.25, 0.3) is 16.8 Å². The second-order valence-electron chi connectivity index (χ2n) is 8.68. The summed E-state index contributed by atoms with van der Waals surface area (Å²) < 4.78 is 12.5.